The summed E-state index contributed by atoms with van der Waals surface area (Å²) in [6.45, 7) is 3.63. The van der Waals surface area contributed by atoms with Crippen molar-refractivity contribution in [1.82, 2.24) is 9.46 Å². The summed E-state index contributed by atoms with van der Waals surface area (Å²) in [4.78, 5) is 30.2. The van der Waals surface area contributed by atoms with Gasteiger partial charge in [-0.05, 0) is 59.7 Å². The van der Waals surface area contributed by atoms with Gasteiger partial charge in [-0.2, -0.15) is 19.4 Å². The number of rotatable bonds is 5. The molecule has 28 heavy (non-hydrogen) atoms. The molecule has 2 heterocycles. The zero-order valence-electron chi connectivity index (χ0n) is 15.0. The van der Waals surface area contributed by atoms with Crippen molar-refractivity contribution in [3.05, 3.63) is 47.4 Å². The molecule has 150 valence electrons. The Kier molecular flexibility index (Phi) is 8.02. The van der Waals surface area contributed by atoms with Crippen molar-refractivity contribution in [2.45, 2.75) is 23.9 Å². The lowest BCUT2D eigenvalue weighted by molar-refractivity contribution is 0.139. The van der Waals surface area contributed by atoms with Crippen molar-refractivity contribution >= 4 is 33.8 Å². The largest absolute Gasteiger partial charge is 0.448 e. The molecule has 2 rings (SSSR count). The number of nitrogens with zero attached hydrogens (tertiary/aromatic N) is 4. The van der Waals surface area contributed by atoms with Gasteiger partial charge >= 0.3 is 12.2 Å². The number of aromatic nitrogens is 2. The quantitative estimate of drug-likeness (QED) is 0.552. The highest BCUT2D eigenvalue weighted by Gasteiger charge is 2.09. The van der Waals surface area contributed by atoms with Gasteiger partial charge in [0.25, 0.3) is 0 Å². The summed E-state index contributed by atoms with van der Waals surface area (Å²) in [6.07, 6.45) is -1.64. The average Bonchev–Trinajstić information content (AvgIpc) is 2.65. The second-order valence-electron chi connectivity index (χ2n) is 4.86. The molecule has 0 aliphatic heterocycles. The molecule has 0 fully saturated rings. The van der Waals surface area contributed by atoms with Crippen molar-refractivity contribution in [3.63, 3.8) is 0 Å². The molecule has 0 atom stereocenters. The maximum atomic E-state index is 11.5. The van der Waals surface area contributed by atoms with Gasteiger partial charge in [0.2, 0.25) is 0 Å². The van der Waals surface area contributed by atoms with Crippen LogP contribution in [0.15, 0.2) is 56.4 Å². The molecule has 0 spiro atoms. The van der Waals surface area contributed by atoms with Gasteiger partial charge in [-0.1, -0.05) is 12.1 Å². The third kappa shape index (κ3) is 5.82. The van der Waals surface area contributed by atoms with Crippen LogP contribution in [-0.4, -0.2) is 45.3 Å². The molecule has 2 aromatic rings. The van der Waals surface area contributed by atoms with Gasteiger partial charge in [-0.25, -0.2) is 9.59 Å². The minimum atomic E-state index is -0.818. The van der Waals surface area contributed by atoms with Crippen LogP contribution in [0.5, 0.6) is 0 Å². The molecule has 2 amide bonds. The van der Waals surface area contributed by atoms with Crippen LogP contribution in [0.25, 0.3) is 0 Å². The van der Waals surface area contributed by atoms with E-state index in [-0.39, 0.29) is 24.2 Å². The average molecular weight is 426 g/mol. The van der Waals surface area contributed by atoms with Crippen LogP contribution in [0.3, 0.4) is 0 Å². The zero-order valence-corrected chi connectivity index (χ0v) is 16.6. The van der Waals surface area contributed by atoms with Crippen molar-refractivity contribution < 1.29 is 29.5 Å². The van der Waals surface area contributed by atoms with E-state index in [1.165, 1.54) is 12.1 Å². The van der Waals surface area contributed by atoms with Gasteiger partial charge in [0, 0.05) is 0 Å². The molecule has 0 aliphatic rings. The monoisotopic (exact) mass is 426 g/mol. The van der Waals surface area contributed by atoms with E-state index < -0.39 is 12.2 Å². The molecule has 0 saturated carbocycles. The Labute approximate surface area is 167 Å². The first-order valence-corrected chi connectivity index (χ1v) is 10.2. The molecular weight excluding hydrogens is 408 g/mol. The van der Waals surface area contributed by atoms with Crippen molar-refractivity contribution in [2.24, 2.45) is 9.98 Å². The highest BCUT2D eigenvalue weighted by atomic mass is 33.1. The number of hydrogen-bond donors (Lipinski definition) is 2. The fraction of sp³-hybridized carbons (Fsp3) is 0.250. The summed E-state index contributed by atoms with van der Waals surface area (Å²) >= 11 is 0. The normalized spacial score (nSPS) is 12.1. The Morgan fingerprint density at radius 1 is 0.857 bits per heavy atom. The topological polar surface area (TPSA) is 128 Å². The summed E-state index contributed by atoms with van der Waals surface area (Å²) in [5.41, 5.74) is -0.0148. The van der Waals surface area contributed by atoms with Crippen LogP contribution in [-0.2, 0) is 9.47 Å². The van der Waals surface area contributed by atoms with Crippen molar-refractivity contribution in [1.29, 1.82) is 0 Å². The van der Waals surface area contributed by atoms with Crippen molar-refractivity contribution in [2.75, 3.05) is 13.2 Å². The van der Waals surface area contributed by atoms with Crippen LogP contribution in [0.1, 0.15) is 13.8 Å². The lowest BCUT2D eigenvalue weighted by Gasteiger charge is -2.08. The van der Waals surface area contributed by atoms with Gasteiger partial charge in [0.15, 0.2) is 11.0 Å². The fourth-order valence-electron chi connectivity index (χ4n) is 1.82. The third-order valence-corrected chi connectivity index (χ3v) is 5.30. The summed E-state index contributed by atoms with van der Waals surface area (Å²) in [7, 11) is 2.17. The Bertz CT molecular complexity index is 906. The van der Waals surface area contributed by atoms with E-state index >= 15 is 0 Å². The SMILES string of the molecule is CCOC(=O)N=c1cccc(SSc2cccc(=NC(=O)OCC)n2O)n1O. The van der Waals surface area contributed by atoms with Crippen LogP contribution < -0.4 is 11.0 Å². The Morgan fingerprint density at radius 3 is 1.61 bits per heavy atom. The number of carbonyl (C=O) groups is 2. The Hall–Kier alpha value is -2.86. The molecular formula is C16H18N4O6S2. The highest BCUT2D eigenvalue weighted by Crippen LogP contribution is 2.35. The molecule has 2 aromatic heterocycles. The van der Waals surface area contributed by atoms with Crippen LogP contribution in [0, 0.1) is 0 Å². The smallest absolute Gasteiger partial charge is 0.435 e. The summed E-state index contributed by atoms with van der Waals surface area (Å²) < 4.78 is 10.9. The number of carbonyl (C=O) groups excluding carboxylic acids is 2. The van der Waals surface area contributed by atoms with Crippen LogP contribution >= 0.6 is 21.6 Å². The zero-order chi connectivity index (χ0) is 20.5. The predicted octanol–water partition coefficient (Wildman–Crippen LogP) is 2.68. The van der Waals surface area contributed by atoms with E-state index in [0.29, 0.717) is 10.1 Å². The van der Waals surface area contributed by atoms with Crippen LogP contribution in [0.4, 0.5) is 9.59 Å². The second-order valence-corrected chi connectivity index (χ2v) is 7.03. The second kappa shape index (κ2) is 10.5. The van der Waals surface area contributed by atoms with E-state index in [0.717, 1.165) is 31.0 Å². The maximum Gasteiger partial charge on any atom is 0.435 e. The number of ether oxygens (including phenoxy) is 2. The molecule has 0 bridgehead atoms. The fourth-order valence-corrected chi connectivity index (χ4v) is 3.86. The van der Waals surface area contributed by atoms with Gasteiger partial charge in [0.1, 0.15) is 10.1 Å². The van der Waals surface area contributed by atoms with Crippen LogP contribution in [0.2, 0.25) is 0 Å². The molecule has 10 nitrogen and oxygen atoms in total. The summed E-state index contributed by atoms with van der Waals surface area (Å²) in [5.74, 6) is 0. The first kappa shape index (κ1) is 21.4. The summed E-state index contributed by atoms with van der Waals surface area (Å²) in [5, 5.41) is 21.1. The van der Waals surface area contributed by atoms with E-state index in [9.17, 15) is 20.0 Å². The van der Waals surface area contributed by atoms with Gasteiger partial charge in [-0.3, -0.25) is 0 Å². The lowest BCUT2D eigenvalue weighted by Crippen LogP contribution is -2.22. The van der Waals surface area contributed by atoms with Gasteiger partial charge in [-0.15, -0.1) is 0 Å². The summed E-state index contributed by atoms with van der Waals surface area (Å²) in [6, 6.07) is 9.28. The maximum absolute atomic E-state index is 11.5. The van der Waals surface area contributed by atoms with E-state index in [1.807, 2.05) is 0 Å². The number of amides is 2. The van der Waals surface area contributed by atoms with Gasteiger partial charge < -0.3 is 19.9 Å². The number of pyridine rings is 2. The predicted molar refractivity (Wildman–Crippen MR) is 100 cm³/mol. The van der Waals surface area contributed by atoms with E-state index in [2.05, 4.69) is 9.98 Å². The standard InChI is InChI=1S/C16H18N4O6S2/c1-3-25-15(21)17-11-7-5-9-13(19(11)23)27-28-14-10-6-8-12(20(14)24)18-16(22)26-4-2/h5-10,23-24H,3-4H2,1-2H3. The molecule has 0 saturated heterocycles. The molecule has 2 N–H and O–H groups in total. The minimum absolute atomic E-state index is 0.00742. The first-order valence-electron chi connectivity index (χ1n) is 8.06. The van der Waals surface area contributed by atoms with Crippen molar-refractivity contribution in [3.8, 4) is 0 Å². The molecule has 0 radical (unpaired) electrons. The minimum Gasteiger partial charge on any atom is -0.448 e. The number of hydrogen-bond acceptors (Lipinski definition) is 8. The van der Waals surface area contributed by atoms with Gasteiger partial charge in [0.05, 0.1) is 13.2 Å². The molecule has 0 aliphatic carbocycles. The lowest BCUT2D eigenvalue weighted by atomic mass is 10.5. The van der Waals surface area contributed by atoms with E-state index in [1.54, 1.807) is 38.1 Å². The molecule has 0 unspecified atom stereocenters. The molecule has 12 heteroatoms. The first-order chi connectivity index (χ1) is 13.5. The Morgan fingerprint density at radius 2 is 1.25 bits per heavy atom. The Balaban J connectivity index is 2.24. The molecule has 0 aromatic carbocycles. The van der Waals surface area contributed by atoms with E-state index in [4.69, 9.17) is 9.47 Å². The highest BCUT2D eigenvalue weighted by molar-refractivity contribution is 8.76. The third-order valence-electron chi connectivity index (χ3n) is 2.98.